The highest BCUT2D eigenvalue weighted by Crippen LogP contribution is 2.13. The first-order chi connectivity index (χ1) is 5.95. The summed E-state index contributed by atoms with van der Waals surface area (Å²) in [6.45, 7) is 0. The van der Waals surface area contributed by atoms with Crippen molar-refractivity contribution in [1.82, 2.24) is 19.8 Å². The molecule has 0 aliphatic rings. The number of benzene rings is 1. The van der Waals surface area contributed by atoms with Gasteiger partial charge in [-0.15, -0.1) is 5.10 Å². The predicted octanol–water partition coefficient (Wildman–Crippen LogP) is 1.21. The molecule has 4 nitrogen and oxygen atoms in total. The largest absolute Gasteiger partial charge is 0.337 e. The van der Waals surface area contributed by atoms with Crippen molar-refractivity contribution in [2.75, 3.05) is 0 Å². The lowest BCUT2D eigenvalue weighted by Crippen LogP contribution is -1.82. The summed E-state index contributed by atoms with van der Waals surface area (Å²) in [6.07, 6.45) is 1.71. The number of hydrogen-bond acceptors (Lipinski definition) is 2. The predicted molar refractivity (Wildman–Crippen MR) is 44.8 cm³/mol. The maximum atomic E-state index is 3.94. The lowest BCUT2D eigenvalue weighted by atomic mass is 10.3. The molecule has 58 valence electrons. The average Bonchev–Trinajstić information content (AvgIpc) is 2.62. The number of aromatic nitrogens is 4. The van der Waals surface area contributed by atoms with E-state index < -0.39 is 0 Å². The van der Waals surface area contributed by atoms with Crippen LogP contribution in [0.5, 0.6) is 0 Å². The third-order valence-corrected chi connectivity index (χ3v) is 1.94. The highest BCUT2D eigenvalue weighted by Gasteiger charge is 2.01. The molecule has 0 unspecified atom stereocenters. The quantitative estimate of drug-likeness (QED) is 0.534. The van der Waals surface area contributed by atoms with E-state index in [1.54, 1.807) is 10.7 Å². The van der Waals surface area contributed by atoms with Crippen LogP contribution in [0.4, 0.5) is 0 Å². The third-order valence-electron chi connectivity index (χ3n) is 1.94. The van der Waals surface area contributed by atoms with Crippen LogP contribution in [-0.4, -0.2) is 19.8 Å². The monoisotopic (exact) mass is 158 g/mol. The summed E-state index contributed by atoms with van der Waals surface area (Å²) < 4.78 is 1.79. The van der Waals surface area contributed by atoms with Crippen LogP contribution >= 0.6 is 0 Å². The molecule has 1 N–H and O–H groups in total. The standard InChI is InChI=1S/C8H6N4/c1-2-4-7-6(3-1)10-8-5-9-11-12(7)8/h1-5,10H. The van der Waals surface area contributed by atoms with E-state index >= 15 is 0 Å². The Bertz CT molecular complexity index is 533. The van der Waals surface area contributed by atoms with E-state index in [1.807, 2.05) is 24.3 Å². The van der Waals surface area contributed by atoms with E-state index in [9.17, 15) is 0 Å². The minimum atomic E-state index is 0.927. The van der Waals surface area contributed by atoms with Crippen LogP contribution in [0.3, 0.4) is 0 Å². The number of nitrogens with zero attached hydrogens (tertiary/aromatic N) is 3. The van der Waals surface area contributed by atoms with E-state index in [4.69, 9.17) is 0 Å². The molecule has 12 heavy (non-hydrogen) atoms. The second kappa shape index (κ2) is 1.85. The molecule has 3 rings (SSSR count). The Balaban J connectivity index is 2.68. The molecule has 0 atom stereocenters. The fourth-order valence-corrected chi connectivity index (χ4v) is 1.40. The summed E-state index contributed by atoms with van der Waals surface area (Å²) in [7, 11) is 0. The second-order valence-electron chi connectivity index (χ2n) is 2.67. The lowest BCUT2D eigenvalue weighted by molar-refractivity contribution is 0.885. The molecule has 4 heteroatoms. The summed E-state index contributed by atoms with van der Waals surface area (Å²) in [6, 6.07) is 8.00. The van der Waals surface area contributed by atoms with Crippen LogP contribution < -0.4 is 0 Å². The SMILES string of the molecule is c1ccc2c(c1)[nH]c1cnnn12. The van der Waals surface area contributed by atoms with Crippen LogP contribution in [0.2, 0.25) is 0 Å². The molecule has 0 saturated heterocycles. The van der Waals surface area contributed by atoms with Crippen molar-refractivity contribution in [2.45, 2.75) is 0 Å². The highest BCUT2D eigenvalue weighted by atomic mass is 15.4. The average molecular weight is 158 g/mol. The van der Waals surface area contributed by atoms with Gasteiger partial charge < -0.3 is 4.98 Å². The van der Waals surface area contributed by atoms with Gasteiger partial charge in [-0.3, -0.25) is 0 Å². The Morgan fingerprint density at radius 3 is 3.17 bits per heavy atom. The Morgan fingerprint density at radius 1 is 1.25 bits per heavy atom. The molecule has 1 aromatic carbocycles. The first kappa shape index (κ1) is 5.77. The number of H-pyrrole nitrogens is 1. The van der Waals surface area contributed by atoms with Crippen LogP contribution in [0, 0.1) is 0 Å². The Kier molecular flexibility index (Phi) is 0.889. The smallest absolute Gasteiger partial charge is 0.154 e. The fourth-order valence-electron chi connectivity index (χ4n) is 1.40. The number of nitrogens with one attached hydrogen (secondary N) is 1. The van der Waals surface area contributed by atoms with Crippen molar-refractivity contribution in [3.63, 3.8) is 0 Å². The van der Waals surface area contributed by atoms with Gasteiger partial charge in [-0.05, 0) is 12.1 Å². The summed E-state index contributed by atoms with van der Waals surface area (Å²) in [5.74, 6) is 0. The van der Waals surface area contributed by atoms with Crippen LogP contribution in [0.15, 0.2) is 30.5 Å². The number of para-hydroxylation sites is 2. The molecule has 0 bridgehead atoms. The van der Waals surface area contributed by atoms with Gasteiger partial charge in [0.1, 0.15) is 0 Å². The van der Waals surface area contributed by atoms with Gasteiger partial charge in [0.2, 0.25) is 0 Å². The molecule has 0 saturated carbocycles. The van der Waals surface area contributed by atoms with Crippen LogP contribution in [-0.2, 0) is 0 Å². The highest BCUT2D eigenvalue weighted by molar-refractivity contribution is 5.79. The van der Waals surface area contributed by atoms with Gasteiger partial charge in [-0.1, -0.05) is 17.3 Å². The maximum Gasteiger partial charge on any atom is 0.154 e. The Labute approximate surface area is 67.8 Å². The lowest BCUT2D eigenvalue weighted by Gasteiger charge is -1.85. The Hall–Kier alpha value is -1.84. The van der Waals surface area contributed by atoms with Crippen LogP contribution in [0.1, 0.15) is 0 Å². The molecule has 0 radical (unpaired) electrons. The van der Waals surface area contributed by atoms with Crippen LogP contribution in [0.25, 0.3) is 16.7 Å². The molecule has 0 aliphatic heterocycles. The summed E-state index contributed by atoms with van der Waals surface area (Å²) in [5, 5.41) is 7.74. The minimum absolute atomic E-state index is 0.927. The van der Waals surface area contributed by atoms with Gasteiger partial charge in [-0.25, -0.2) is 0 Å². The molecule has 0 spiro atoms. The molecular formula is C8H6N4. The van der Waals surface area contributed by atoms with Gasteiger partial charge in [-0.2, -0.15) is 4.52 Å². The number of imidazole rings is 1. The normalized spacial score (nSPS) is 11.3. The van der Waals surface area contributed by atoms with Crippen molar-refractivity contribution in [3.8, 4) is 0 Å². The minimum Gasteiger partial charge on any atom is -0.337 e. The summed E-state index contributed by atoms with van der Waals surface area (Å²) >= 11 is 0. The molecular weight excluding hydrogens is 152 g/mol. The fraction of sp³-hybridized carbons (Fsp3) is 0. The van der Waals surface area contributed by atoms with E-state index in [1.165, 1.54) is 0 Å². The molecule has 0 fully saturated rings. The first-order valence-electron chi connectivity index (χ1n) is 3.72. The molecule has 2 aromatic heterocycles. The van der Waals surface area contributed by atoms with Crippen molar-refractivity contribution < 1.29 is 0 Å². The number of hydrogen-bond donors (Lipinski definition) is 1. The van der Waals surface area contributed by atoms with Crippen molar-refractivity contribution >= 4 is 16.7 Å². The van der Waals surface area contributed by atoms with Crippen molar-refractivity contribution in [3.05, 3.63) is 30.5 Å². The zero-order chi connectivity index (χ0) is 7.97. The third kappa shape index (κ3) is 0.567. The van der Waals surface area contributed by atoms with Gasteiger partial charge >= 0.3 is 0 Å². The molecule has 2 heterocycles. The first-order valence-corrected chi connectivity index (χ1v) is 3.72. The second-order valence-corrected chi connectivity index (χ2v) is 2.67. The topological polar surface area (TPSA) is 46.0 Å². The number of rotatable bonds is 0. The molecule has 3 aromatic rings. The van der Waals surface area contributed by atoms with E-state index in [2.05, 4.69) is 15.3 Å². The van der Waals surface area contributed by atoms with E-state index in [-0.39, 0.29) is 0 Å². The number of aromatic amines is 1. The van der Waals surface area contributed by atoms with Crippen molar-refractivity contribution in [1.29, 1.82) is 0 Å². The summed E-state index contributed by atoms with van der Waals surface area (Å²) in [5.41, 5.74) is 3.07. The summed E-state index contributed by atoms with van der Waals surface area (Å²) in [4.78, 5) is 3.20. The van der Waals surface area contributed by atoms with Gasteiger partial charge in [0.05, 0.1) is 17.2 Å². The van der Waals surface area contributed by atoms with Gasteiger partial charge in [0.15, 0.2) is 5.65 Å². The zero-order valence-electron chi connectivity index (χ0n) is 6.23. The number of fused-ring (bicyclic) bond motifs is 3. The van der Waals surface area contributed by atoms with E-state index in [0.29, 0.717) is 0 Å². The van der Waals surface area contributed by atoms with E-state index in [0.717, 1.165) is 16.7 Å². The zero-order valence-corrected chi connectivity index (χ0v) is 6.23. The molecule has 0 aliphatic carbocycles. The Morgan fingerprint density at radius 2 is 2.17 bits per heavy atom. The van der Waals surface area contributed by atoms with Gasteiger partial charge in [0, 0.05) is 0 Å². The van der Waals surface area contributed by atoms with Crippen molar-refractivity contribution in [2.24, 2.45) is 0 Å². The molecule has 0 amide bonds. The van der Waals surface area contributed by atoms with Gasteiger partial charge in [0.25, 0.3) is 0 Å². The maximum absolute atomic E-state index is 3.94.